The van der Waals surface area contributed by atoms with Gasteiger partial charge in [0, 0.05) is 19.0 Å². The van der Waals surface area contributed by atoms with Crippen LogP contribution in [0.25, 0.3) is 0 Å². The van der Waals surface area contributed by atoms with Crippen molar-refractivity contribution in [3.8, 4) is 0 Å². The molecule has 3 N–H and O–H groups in total. The van der Waals surface area contributed by atoms with E-state index in [0.717, 1.165) is 12.0 Å². The van der Waals surface area contributed by atoms with Crippen LogP contribution in [0.2, 0.25) is 0 Å². The third-order valence-electron chi connectivity index (χ3n) is 4.37. The van der Waals surface area contributed by atoms with E-state index >= 15 is 0 Å². The quantitative estimate of drug-likeness (QED) is 0.860. The second-order valence-electron chi connectivity index (χ2n) is 6.45. The number of carboxylic acid groups (broad SMARTS) is 1. The molecule has 0 bridgehead atoms. The molecular weight excluding hydrogens is 350 g/mol. The Morgan fingerprint density at radius 2 is 1.96 bits per heavy atom. The molecule has 1 fully saturated rings. The molecule has 0 spiro atoms. The highest BCUT2D eigenvalue weighted by atomic mass is 32.1. The molecule has 1 aromatic heterocycles. The minimum atomic E-state index is -0.802. The summed E-state index contributed by atoms with van der Waals surface area (Å²) in [6.45, 7) is 1.30. The lowest BCUT2D eigenvalue weighted by atomic mass is 9.99. The molecule has 3 rings (SSSR count). The summed E-state index contributed by atoms with van der Waals surface area (Å²) >= 11 is 1.57. The Bertz CT molecular complexity index is 704. The van der Waals surface area contributed by atoms with Gasteiger partial charge in [-0.05, 0) is 48.5 Å². The lowest BCUT2D eigenvalue weighted by molar-refractivity contribution is -0.122. The standard InChI is InChI=1S/C11H13NO2.C8H12N2OS/c13-11(14)12-7-6-10(8-12)9-4-2-1-3-5-9;1-10(2)7(8(9)11)6-3-4-12-5-6/h1-5,10H,6-8H2,(H,13,14);3-5,7H,1-2H3,(H2,9,11)/t10-;/m1./s1. The van der Waals surface area contributed by atoms with Crippen LogP contribution < -0.4 is 5.73 Å². The molecule has 1 aliphatic heterocycles. The SMILES string of the molecule is CN(C)C(C(N)=O)c1ccsc1.O=C(O)N1CC[C@@H](c2ccccc2)C1. The molecule has 0 aliphatic carbocycles. The van der Waals surface area contributed by atoms with Gasteiger partial charge < -0.3 is 15.7 Å². The van der Waals surface area contributed by atoms with E-state index in [2.05, 4.69) is 12.1 Å². The van der Waals surface area contributed by atoms with Crippen LogP contribution in [0.5, 0.6) is 0 Å². The van der Waals surface area contributed by atoms with Gasteiger partial charge in [-0.2, -0.15) is 11.3 Å². The van der Waals surface area contributed by atoms with Crippen molar-refractivity contribution in [1.29, 1.82) is 0 Å². The number of rotatable bonds is 4. The summed E-state index contributed by atoms with van der Waals surface area (Å²) in [6.07, 6.45) is 0.138. The van der Waals surface area contributed by atoms with Crippen molar-refractivity contribution in [3.05, 3.63) is 58.3 Å². The fourth-order valence-electron chi connectivity index (χ4n) is 3.08. The van der Waals surface area contributed by atoms with E-state index in [9.17, 15) is 9.59 Å². The molecule has 1 aliphatic rings. The van der Waals surface area contributed by atoms with Gasteiger partial charge in [0.1, 0.15) is 6.04 Å². The van der Waals surface area contributed by atoms with Gasteiger partial charge >= 0.3 is 6.09 Å². The van der Waals surface area contributed by atoms with Crippen molar-refractivity contribution in [3.63, 3.8) is 0 Å². The zero-order valence-corrected chi connectivity index (χ0v) is 15.9. The van der Waals surface area contributed by atoms with Gasteiger partial charge in [0.05, 0.1) is 0 Å². The number of carbonyl (C=O) groups is 2. The molecule has 6 nitrogen and oxygen atoms in total. The zero-order valence-electron chi connectivity index (χ0n) is 15.0. The molecule has 1 aromatic carbocycles. The first-order chi connectivity index (χ1) is 12.4. The molecule has 1 unspecified atom stereocenters. The van der Waals surface area contributed by atoms with E-state index in [1.807, 2.05) is 54.0 Å². The first-order valence-electron chi connectivity index (χ1n) is 8.40. The predicted molar refractivity (Wildman–Crippen MR) is 103 cm³/mol. The van der Waals surface area contributed by atoms with Crippen molar-refractivity contribution < 1.29 is 14.7 Å². The van der Waals surface area contributed by atoms with Gasteiger partial charge in [-0.15, -0.1) is 0 Å². The molecule has 26 heavy (non-hydrogen) atoms. The normalized spacial score (nSPS) is 17.5. The first kappa shape index (κ1) is 19.9. The third kappa shape index (κ3) is 5.31. The van der Waals surface area contributed by atoms with Crippen molar-refractivity contribution >= 4 is 23.3 Å². The first-order valence-corrected chi connectivity index (χ1v) is 9.35. The molecule has 2 heterocycles. The molecule has 2 aromatic rings. The van der Waals surface area contributed by atoms with E-state index in [-0.39, 0.29) is 11.9 Å². The van der Waals surface area contributed by atoms with Crippen LogP contribution in [-0.4, -0.2) is 54.1 Å². The summed E-state index contributed by atoms with van der Waals surface area (Å²) in [7, 11) is 3.68. The smallest absolute Gasteiger partial charge is 0.407 e. The Balaban J connectivity index is 0.000000190. The monoisotopic (exact) mass is 375 g/mol. The van der Waals surface area contributed by atoms with Crippen LogP contribution in [0, 0.1) is 0 Å². The van der Waals surface area contributed by atoms with E-state index in [1.54, 1.807) is 11.3 Å². The molecule has 7 heteroatoms. The second kappa shape index (κ2) is 9.35. The van der Waals surface area contributed by atoms with Crippen LogP contribution in [0.15, 0.2) is 47.2 Å². The number of carbonyl (C=O) groups excluding carboxylic acids is 1. The van der Waals surface area contributed by atoms with Crippen LogP contribution in [0.3, 0.4) is 0 Å². The maximum atomic E-state index is 11.0. The lowest BCUT2D eigenvalue weighted by Gasteiger charge is -2.19. The van der Waals surface area contributed by atoms with Crippen LogP contribution in [-0.2, 0) is 4.79 Å². The topological polar surface area (TPSA) is 86.9 Å². The van der Waals surface area contributed by atoms with Crippen molar-refractivity contribution in [2.24, 2.45) is 5.73 Å². The highest BCUT2D eigenvalue weighted by Gasteiger charge is 2.26. The lowest BCUT2D eigenvalue weighted by Crippen LogP contribution is -2.32. The molecule has 1 saturated heterocycles. The van der Waals surface area contributed by atoms with Crippen molar-refractivity contribution in [1.82, 2.24) is 9.80 Å². The fraction of sp³-hybridized carbons (Fsp3) is 0.368. The summed E-state index contributed by atoms with van der Waals surface area (Å²) in [5.41, 5.74) is 7.47. The van der Waals surface area contributed by atoms with Crippen molar-refractivity contribution in [2.45, 2.75) is 18.4 Å². The van der Waals surface area contributed by atoms with Gasteiger partial charge in [-0.1, -0.05) is 30.3 Å². The van der Waals surface area contributed by atoms with Gasteiger partial charge in [0.25, 0.3) is 0 Å². The number of likely N-dealkylation sites (N-methyl/N-ethyl adjacent to an activating group) is 1. The third-order valence-corrected chi connectivity index (χ3v) is 5.08. The molecular formula is C19H25N3O3S. The van der Waals surface area contributed by atoms with Gasteiger partial charge in [-0.25, -0.2) is 4.79 Å². The van der Waals surface area contributed by atoms with Gasteiger partial charge in [0.15, 0.2) is 0 Å². The maximum Gasteiger partial charge on any atom is 0.407 e. The van der Waals surface area contributed by atoms with Crippen molar-refractivity contribution in [2.75, 3.05) is 27.2 Å². The highest BCUT2D eigenvalue weighted by molar-refractivity contribution is 7.08. The average Bonchev–Trinajstić information content (AvgIpc) is 3.27. The molecule has 2 amide bonds. The number of benzene rings is 1. The number of nitrogens with zero attached hydrogens (tertiary/aromatic N) is 2. The number of thiophene rings is 1. The maximum absolute atomic E-state index is 11.0. The fourth-order valence-corrected chi connectivity index (χ4v) is 3.76. The summed E-state index contributed by atoms with van der Waals surface area (Å²) in [4.78, 5) is 25.0. The summed E-state index contributed by atoms with van der Waals surface area (Å²) in [6, 6.07) is 11.7. The van der Waals surface area contributed by atoms with Gasteiger partial charge in [0.2, 0.25) is 5.91 Å². The largest absolute Gasteiger partial charge is 0.465 e. The Morgan fingerprint density at radius 1 is 1.27 bits per heavy atom. The highest BCUT2D eigenvalue weighted by Crippen LogP contribution is 2.26. The minimum Gasteiger partial charge on any atom is -0.465 e. The number of likely N-dealkylation sites (tertiary alicyclic amines) is 1. The molecule has 2 atom stereocenters. The van der Waals surface area contributed by atoms with Crippen LogP contribution >= 0.6 is 11.3 Å². The Morgan fingerprint density at radius 3 is 2.42 bits per heavy atom. The number of hydrogen-bond acceptors (Lipinski definition) is 4. The molecule has 0 saturated carbocycles. The van der Waals surface area contributed by atoms with Crippen LogP contribution in [0.4, 0.5) is 4.79 Å². The minimum absolute atomic E-state index is 0.295. The van der Waals surface area contributed by atoms with E-state index in [1.165, 1.54) is 10.5 Å². The summed E-state index contributed by atoms with van der Waals surface area (Å²) in [5.74, 6) is 0.0747. The number of amides is 2. The average molecular weight is 375 g/mol. The zero-order chi connectivity index (χ0) is 19.1. The Kier molecular flexibility index (Phi) is 7.17. The van der Waals surface area contributed by atoms with Gasteiger partial charge in [-0.3, -0.25) is 9.69 Å². The summed E-state index contributed by atoms with van der Waals surface area (Å²) in [5, 5.41) is 12.7. The van der Waals surface area contributed by atoms with E-state index in [4.69, 9.17) is 10.8 Å². The number of hydrogen-bond donors (Lipinski definition) is 2. The molecule has 0 radical (unpaired) electrons. The van der Waals surface area contributed by atoms with E-state index in [0.29, 0.717) is 19.0 Å². The van der Waals surface area contributed by atoms with Crippen LogP contribution in [0.1, 0.15) is 29.5 Å². The summed E-state index contributed by atoms with van der Waals surface area (Å²) < 4.78 is 0. The predicted octanol–water partition coefficient (Wildman–Crippen LogP) is 2.99. The Labute approximate surface area is 157 Å². The number of nitrogens with two attached hydrogens (primary N) is 1. The number of primary amides is 1. The Hall–Kier alpha value is -2.38. The van der Waals surface area contributed by atoms with E-state index < -0.39 is 6.09 Å². The molecule has 140 valence electrons. The second-order valence-corrected chi connectivity index (χ2v) is 7.23.